The van der Waals surface area contributed by atoms with E-state index in [0.717, 1.165) is 38.5 Å². The van der Waals surface area contributed by atoms with Crippen LogP contribution in [0.2, 0.25) is 0 Å². The molecule has 1 amide bonds. The highest BCUT2D eigenvalue weighted by Crippen LogP contribution is 2.43. The number of hydrogen-bond donors (Lipinski definition) is 4. The van der Waals surface area contributed by atoms with Crippen LogP contribution in [0.4, 0.5) is 0 Å². The molecule has 4 N–H and O–H groups in total. The minimum Gasteiger partial charge on any atom is -0.391 e. The Hall–Kier alpha value is -1.58. The van der Waals surface area contributed by atoms with Crippen LogP contribution in [0.1, 0.15) is 168 Å². The van der Waals surface area contributed by atoms with Gasteiger partial charge in [-0.3, -0.25) is 13.8 Å². The number of nitrogens with zero attached hydrogens (tertiary/aromatic N) is 1. The van der Waals surface area contributed by atoms with E-state index in [1.165, 1.54) is 89.9 Å². The van der Waals surface area contributed by atoms with E-state index < -0.39 is 26.1 Å². The fourth-order valence-corrected chi connectivity index (χ4v) is 6.62. The number of rotatable bonds is 38. The molecule has 54 heavy (non-hydrogen) atoms. The Labute approximate surface area is 332 Å². The summed E-state index contributed by atoms with van der Waals surface area (Å²) in [6.45, 7) is 4.72. The molecular weight excluding hydrogens is 699 g/mol. The zero-order chi connectivity index (χ0) is 40.2. The lowest BCUT2D eigenvalue weighted by atomic mass is 10.0. The lowest BCUT2D eigenvalue weighted by Gasteiger charge is -2.26. The average molecular weight is 784 g/mol. The van der Waals surface area contributed by atoms with E-state index in [0.29, 0.717) is 30.3 Å². The Morgan fingerprint density at radius 3 is 1.87 bits per heavy atom. The molecule has 4 atom stereocenters. The highest BCUT2D eigenvalue weighted by Gasteiger charge is 2.28. The fraction of sp³-hybridized carbons (Fsp3) is 0.795. The van der Waals surface area contributed by atoms with Crippen molar-refractivity contribution in [1.29, 1.82) is 0 Å². The van der Waals surface area contributed by atoms with Crippen molar-refractivity contribution < 1.29 is 38.0 Å². The first-order chi connectivity index (χ1) is 25.9. The maximum absolute atomic E-state index is 12.8. The predicted molar refractivity (Wildman–Crippen MR) is 227 cm³/mol. The van der Waals surface area contributed by atoms with Crippen molar-refractivity contribution in [2.45, 2.75) is 186 Å². The first-order valence-electron chi connectivity index (χ1n) is 21.6. The number of aliphatic hydroxyl groups excluding tert-OH is 2. The van der Waals surface area contributed by atoms with E-state index in [1.807, 2.05) is 57.6 Å². The molecule has 0 saturated heterocycles. The summed E-state index contributed by atoms with van der Waals surface area (Å²) in [5.41, 5.74) is 0. The Balaban J connectivity index is 4.58. The van der Waals surface area contributed by atoms with E-state index in [9.17, 15) is 24.5 Å². The third-order valence-electron chi connectivity index (χ3n) is 9.41. The van der Waals surface area contributed by atoms with E-state index in [2.05, 4.69) is 25.2 Å². The molecule has 9 nitrogen and oxygen atoms in total. The number of quaternary nitrogens is 1. The molecule has 10 heteroatoms. The number of hydrogen-bond acceptors (Lipinski definition) is 6. The highest BCUT2D eigenvalue weighted by atomic mass is 31.2. The molecule has 0 spiro atoms. The number of likely N-dealkylation sites (N-methyl/N-ethyl adjacent to an activating group) is 1. The van der Waals surface area contributed by atoms with Crippen LogP contribution in [-0.4, -0.2) is 84.6 Å². The molecule has 0 rings (SSSR count). The van der Waals surface area contributed by atoms with Crippen molar-refractivity contribution in [3.05, 3.63) is 48.6 Å². The molecule has 0 aliphatic heterocycles. The quantitative estimate of drug-likeness (QED) is 0.0161. The number of phosphoric acid groups is 1. The van der Waals surface area contributed by atoms with Crippen molar-refractivity contribution in [3.63, 3.8) is 0 Å². The smallest absolute Gasteiger partial charge is 0.391 e. The largest absolute Gasteiger partial charge is 0.472 e. The monoisotopic (exact) mass is 784 g/mol. The highest BCUT2D eigenvalue weighted by molar-refractivity contribution is 7.47. The van der Waals surface area contributed by atoms with Gasteiger partial charge in [0.25, 0.3) is 0 Å². The van der Waals surface area contributed by atoms with Gasteiger partial charge < -0.3 is 24.9 Å². The molecule has 0 radical (unpaired) electrons. The van der Waals surface area contributed by atoms with Gasteiger partial charge in [0.2, 0.25) is 5.91 Å². The SMILES string of the molecule is CCCCC/C=C\C[C@H](O)/C=C/C=C\C/C=C\CCCC(=O)N[C@@H](COP(=O)(O)OCC[N+](C)(C)C)[C@H](O)CCCCCCCCCCCCCCCC. The van der Waals surface area contributed by atoms with E-state index in [1.54, 1.807) is 6.08 Å². The number of amides is 1. The molecule has 0 saturated carbocycles. The molecular formula is C44H84N2O7P+. The van der Waals surface area contributed by atoms with Gasteiger partial charge in [-0.2, -0.15) is 0 Å². The summed E-state index contributed by atoms with van der Waals surface area (Å²) in [4.78, 5) is 23.1. The number of allylic oxidation sites excluding steroid dienone is 6. The van der Waals surface area contributed by atoms with Crippen molar-refractivity contribution in [2.24, 2.45) is 0 Å². The third-order valence-corrected chi connectivity index (χ3v) is 10.4. The molecule has 0 aliphatic rings. The number of aliphatic hydroxyl groups is 2. The normalized spacial score (nSPS) is 15.5. The van der Waals surface area contributed by atoms with Gasteiger partial charge in [0.05, 0.1) is 46.0 Å². The summed E-state index contributed by atoms with van der Waals surface area (Å²) in [5, 5.41) is 23.9. The standard InChI is InChI=1S/C44H83N2O7P/c1-6-8-10-12-14-15-16-17-18-19-20-24-28-32-36-43(48)42(40-53-54(50,51)52-39-38-46(3,4)5)45-44(49)37-33-29-25-22-21-23-27-31-35-41(47)34-30-26-13-11-9-7-2/h22-23,25-27,30-31,35,41-43,47-48H,6-21,24,28-29,32-34,36-40H2,1-5H3,(H-,45,49,50,51)/p+1/b25-22-,27-23-,30-26-,35-31+/t41-,42-,43+/m0/s1. The summed E-state index contributed by atoms with van der Waals surface area (Å²) < 4.78 is 23.5. The summed E-state index contributed by atoms with van der Waals surface area (Å²) in [7, 11) is 1.54. The third kappa shape index (κ3) is 37.3. The zero-order valence-electron chi connectivity index (χ0n) is 35.3. The fourth-order valence-electron chi connectivity index (χ4n) is 5.89. The summed E-state index contributed by atoms with van der Waals surface area (Å²) >= 11 is 0. The van der Waals surface area contributed by atoms with Crippen LogP contribution in [0, 0.1) is 0 Å². The summed E-state index contributed by atoms with van der Waals surface area (Å²) in [6.07, 6.45) is 40.2. The maximum Gasteiger partial charge on any atom is 0.472 e. The van der Waals surface area contributed by atoms with Crippen molar-refractivity contribution in [2.75, 3.05) is 40.9 Å². The number of unbranched alkanes of at least 4 members (excludes halogenated alkanes) is 17. The van der Waals surface area contributed by atoms with Gasteiger partial charge in [-0.25, -0.2) is 4.57 Å². The minimum atomic E-state index is -4.34. The van der Waals surface area contributed by atoms with Crippen LogP contribution < -0.4 is 5.32 Å². The van der Waals surface area contributed by atoms with Gasteiger partial charge in [-0.1, -0.05) is 165 Å². The minimum absolute atomic E-state index is 0.0517. The molecule has 0 aromatic heterocycles. The van der Waals surface area contributed by atoms with Crippen molar-refractivity contribution in [1.82, 2.24) is 5.32 Å². The number of phosphoric ester groups is 1. The van der Waals surface area contributed by atoms with E-state index in [-0.39, 0.29) is 25.5 Å². The summed E-state index contributed by atoms with van der Waals surface area (Å²) in [6, 6.07) is -0.809. The van der Waals surface area contributed by atoms with Crippen molar-refractivity contribution in [3.8, 4) is 0 Å². The molecule has 0 heterocycles. The molecule has 316 valence electrons. The van der Waals surface area contributed by atoms with Crippen LogP contribution >= 0.6 is 7.82 Å². The molecule has 0 aromatic rings. The topological polar surface area (TPSA) is 125 Å². The Morgan fingerprint density at radius 2 is 1.26 bits per heavy atom. The van der Waals surface area contributed by atoms with Crippen LogP contribution in [0.15, 0.2) is 48.6 Å². The van der Waals surface area contributed by atoms with E-state index in [4.69, 9.17) is 9.05 Å². The van der Waals surface area contributed by atoms with Gasteiger partial charge in [-0.05, 0) is 44.9 Å². The predicted octanol–water partition coefficient (Wildman–Crippen LogP) is 10.7. The lowest BCUT2D eigenvalue weighted by molar-refractivity contribution is -0.870. The second-order valence-electron chi connectivity index (χ2n) is 15.9. The maximum atomic E-state index is 12.8. The molecule has 0 fully saturated rings. The van der Waals surface area contributed by atoms with Crippen LogP contribution in [0.3, 0.4) is 0 Å². The van der Waals surface area contributed by atoms with Gasteiger partial charge in [0.1, 0.15) is 13.2 Å². The second-order valence-corrected chi connectivity index (χ2v) is 17.4. The lowest BCUT2D eigenvalue weighted by Crippen LogP contribution is -2.46. The molecule has 0 bridgehead atoms. The van der Waals surface area contributed by atoms with Crippen LogP contribution in [0.5, 0.6) is 0 Å². The van der Waals surface area contributed by atoms with Crippen LogP contribution in [0.25, 0.3) is 0 Å². The molecule has 1 unspecified atom stereocenters. The Bertz CT molecular complexity index is 1040. The summed E-state index contributed by atoms with van der Waals surface area (Å²) in [5.74, 6) is -0.227. The molecule has 0 aromatic carbocycles. The zero-order valence-corrected chi connectivity index (χ0v) is 36.2. The Kier molecular flexibility index (Phi) is 34.8. The van der Waals surface area contributed by atoms with Gasteiger partial charge >= 0.3 is 7.82 Å². The average Bonchev–Trinajstić information content (AvgIpc) is 3.11. The van der Waals surface area contributed by atoms with Gasteiger partial charge in [-0.15, -0.1) is 0 Å². The van der Waals surface area contributed by atoms with Crippen LogP contribution in [-0.2, 0) is 18.4 Å². The second kappa shape index (κ2) is 35.8. The van der Waals surface area contributed by atoms with Gasteiger partial charge in [0.15, 0.2) is 0 Å². The molecule has 0 aliphatic carbocycles. The number of carbonyl (C=O) groups excluding carboxylic acids is 1. The van der Waals surface area contributed by atoms with Gasteiger partial charge in [0, 0.05) is 6.42 Å². The van der Waals surface area contributed by atoms with Crippen molar-refractivity contribution >= 4 is 13.7 Å². The first-order valence-corrected chi connectivity index (χ1v) is 23.1. The number of nitrogens with one attached hydrogen (secondary N) is 1. The van der Waals surface area contributed by atoms with E-state index >= 15 is 0 Å². The Morgan fingerprint density at radius 1 is 0.704 bits per heavy atom. The number of carbonyl (C=O) groups is 1. The first kappa shape index (κ1) is 52.4.